The normalized spacial score (nSPS) is 17.3. The van der Waals surface area contributed by atoms with Gasteiger partial charge in [0.15, 0.2) is 0 Å². The molecule has 1 amide bonds. The predicted octanol–water partition coefficient (Wildman–Crippen LogP) is -0.484. The van der Waals surface area contributed by atoms with Crippen LogP contribution >= 0.6 is 0 Å². The van der Waals surface area contributed by atoms with Gasteiger partial charge < -0.3 is 20.4 Å². The lowest BCUT2D eigenvalue weighted by atomic mass is 10.2. The molecule has 1 fully saturated rings. The van der Waals surface area contributed by atoms with E-state index in [-0.39, 0.29) is 6.42 Å². The van der Waals surface area contributed by atoms with Gasteiger partial charge >= 0.3 is 11.9 Å². The zero-order valence-electron chi connectivity index (χ0n) is 10.1. The minimum atomic E-state index is -1.35. The van der Waals surface area contributed by atoms with E-state index >= 15 is 0 Å². The first-order valence-corrected chi connectivity index (χ1v) is 5.95. The van der Waals surface area contributed by atoms with Crippen LogP contribution in [0, 0.1) is 0 Å². The van der Waals surface area contributed by atoms with Gasteiger partial charge in [-0.3, -0.25) is 9.59 Å². The molecule has 1 atom stereocenters. The summed E-state index contributed by atoms with van der Waals surface area (Å²) >= 11 is 0. The molecular weight excluding hydrogens is 240 g/mol. The number of hydrogen-bond donors (Lipinski definition) is 3. The number of likely N-dealkylation sites (tertiary alicyclic amines) is 1. The standard InChI is InChI=1S/C11H18N2O5/c14-9(3-6-13-4-1-2-5-13)12-8(11(17)18)7-10(15)16/h8H,1-7H2,(H,12,14)(H,15,16)(H,17,18)/t8-/m1/s1. The second-order valence-corrected chi connectivity index (χ2v) is 4.35. The quantitative estimate of drug-likeness (QED) is 0.569. The molecule has 1 aliphatic heterocycles. The molecule has 0 saturated carbocycles. The molecule has 1 saturated heterocycles. The highest BCUT2D eigenvalue weighted by molar-refractivity contribution is 5.86. The van der Waals surface area contributed by atoms with Crippen LogP contribution in [0.3, 0.4) is 0 Å². The number of rotatable bonds is 7. The number of nitrogens with zero attached hydrogens (tertiary/aromatic N) is 1. The van der Waals surface area contributed by atoms with E-state index in [0.29, 0.717) is 6.54 Å². The van der Waals surface area contributed by atoms with Crippen LogP contribution in [0.2, 0.25) is 0 Å². The van der Waals surface area contributed by atoms with E-state index in [4.69, 9.17) is 10.2 Å². The summed E-state index contributed by atoms with van der Waals surface area (Å²) in [6.07, 6.45) is 1.84. The van der Waals surface area contributed by atoms with Gasteiger partial charge in [0, 0.05) is 13.0 Å². The predicted molar refractivity (Wildman–Crippen MR) is 62.1 cm³/mol. The van der Waals surface area contributed by atoms with Gasteiger partial charge in [0.25, 0.3) is 0 Å². The summed E-state index contributed by atoms with van der Waals surface area (Å²) < 4.78 is 0. The molecule has 0 spiro atoms. The minimum Gasteiger partial charge on any atom is -0.481 e. The summed E-state index contributed by atoms with van der Waals surface area (Å²) in [6, 6.07) is -1.35. The van der Waals surface area contributed by atoms with Crippen molar-refractivity contribution in [3.8, 4) is 0 Å². The van der Waals surface area contributed by atoms with E-state index in [1.54, 1.807) is 0 Å². The topological polar surface area (TPSA) is 107 Å². The highest BCUT2D eigenvalue weighted by atomic mass is 16.4. The molecule has 0 bridgehead atoms. The lowest BCUT2D eigenvalue weighted by Gasteiger charge is -2.16. The van der Waals surface area contributed by atoms with Crippen molar-refractivity contribution in [1.82, 2.24) is 10.2 Å². The molecule has 1 heterocycles. The smallest absolute Gasteiger partial charge is 0.326 e. The van der Waals surface area contributed by atoms with E-state index in [0.717, 1.165) is 25.9 Å². The van der Waals surface area contributed by atoms with Gasteiger partial charge in [0.05, 0.1) is 6.42 Å². The fraction of sp³-hybridized carbons (Fsp3) is 0.727. The van der Waals surface area contributed by atoms with Gasteiger partial charge in [0.1, 0.15) is 6.04 Å². The SMILES string of the molecule is O=C(O)C[C@@H](NC(=O)CCN1CCCC1)C(=O)O. The van der Waals surface area contributed by atoms with Crippen molar-refractivity contribution in [2.75, 3.05) is 19.6 Å². The van der Waals surface area contributed by atoms with E-state index < -0.39 is 30.3 Å². The zero-order valence-corrected chi connectivity index (χ0v) is 10.1. The van der Waals surface area contributed by atoms with Gasteiger partial charge in [-0.15, -0.1) is 0 Å². The molecule has 0 aromatic rings. The number of carboxylic acids is 2. The van der Waals surface area contributed by atoms with Crippen LogP contribution in [0.5, 0.6) is 0 Å². The van der Waals surface area contributed by atoms with Crippen molar-refractivity contribution in [2.45, 2.75) is 31.7 Å². The molecule has 7 nitrogen and oxygen atoms in total. The Balaban J connectivity index is 2.31. The van der Waals surface area contributed by atoms with E-state index in [1.807, 2.05) is 0 Å². The Morgan fingerprint density at radius 1 is 1.17 bits per heavy atom. The second kappa shape index (κ2) is 6.95. The summed E-state index contributed by atoms with van der Waals surface area (Å²) in [6.45, 7) is 2.51. The summed E-state index contributed by atoms with van der Waals surface area (Å²) in [5, 5.41) is 19.5. The van der Waals surface area contributed by atoms with Crippen LogP contribution in [0.1, 0.15) is 25.7 Å². The average Bonchev–Trinajstić information content (AvgIpc) is 2.77. The van der Waals surface area contributed by atoms with E-state index in [9.17, 15) is 14.4 Å². The van der Waals surface area contributed by atoms with Crippen LogP contribution in [-0.4, -0.2) is 58.6 Å². The van der Waals surface area contributed by atoms with Gasteiger partial charge in [0.2, 0.25) is 5.91 Å². The maximum Gasteiger partial charge on any atom is 0.326 e. The van der Waals surface area contributed by atoms with Crippen LogP contribution < -0.4 is 5.32 Å². The van der Waals surface area contributed by atoms with Gasteiger partial charge in [-0.1, -0.05) is 0 Å². The first-order chi connectivity index (χ1) is 8.49. The third-order valence-corrected chi connectivity index (χ3v) is 2.87. The molecule has 1 aliphatic rings. The van der Waals surface area contributed by atoms with Crippen LogP contribution in [0.15, 0.2) is 0 Å². The third kappa shape index (κ3) is 5.13. The molecule has 0 aromatic heterocycles. The van der Waals surface area contributed by atoms with Crippen LogP contribution in [0.25, 0.3) is 0 Å². The molecule has 18 heavy (non-hydrogen) atoms. The largest absolute Gasteiger partial charge is 0.481 e. The van der Waals surface area contributed by atoms with E-state index in [1.165, 1.54) is 0 Å². The summed E-state index contributed by atoms with van der Waals surface area (Å²) in [7, 11) is 0. The Hall–Kier alpha value is -1.63. The Morgan fingerprint density at radius 2 is 1.78 bits per heavy atom. The zero-order chi connectivity index (χ0) is 13.5. The fourth-order valence-corrected chi connectivity index (χ4v) is 1.91. The van der Waals surface area contributed by atoms with E-state index in [2.05, 4.69) is 10.2 Å². The van der Waals surface area contributed by atoms with Gasteiger partial charge in [-0.25, -0.2) is 4.79 Å². The van der Waals surface area contributed by atoms with Gasteiger partial charge in [-0.2, -0.15) is 0 Å². The van der Waals surface area contributed by atoms with Crippen LogP contribution in [0.4, 0.5) is 0 Å². The molecule has 0 radical (unpaired) electrons. The van der Waals surface area contributed by atoms with Crippen molar-refractivity contribution in [3.05, 3.63) is 0 Å². The highest BCUT2D eigenvalue weighted by Gasteiger charge is 2.23. The molecule has 102 valence electrons. The van der Waals surface area contributed by atoms with Crippen molar-refractivity contribution in [3.63, 3.8) is 0 Å². The maximum absolute atomic E-state index is 11.5. The molecule has 0 unspecified atom stereocenters. The Labute approximate surface area is 105 Å². The molecule has 0 aliphatic carbocycles. The van der Waals surface area contributed by atoms with Crippen molar-refractivity contribution in [2.24, 2.45) is 0 Å². The molecule has 1 rings (SSSR count). The molecule has 3 N–H and O–H groups in total. The maximum atomic E-state index is 11.5. The fourth-order valence-electron chi connectivity index (χ4n) is 1.91. The molecular formula is C11H18N2O5. The highest BCUT2D eigenvalue weighted by Crippen LogP contribution is 2.07. The lowest BCUT2D eigenvalue weighted by molar-refractivity contribution is -0.147. The average molecular weight is 258 g/mol. The second-order valence-electron chi connectivity index (χ2n) is 4.35. The first-order valence-electron chi connectivity index (χ1n) is 5.95. The summed E-state index contributed by atoms with van der Waals surface area (Å²) in [5.41, 5.74) is 0. The van der Waals surface area contributed by atoms with Crippen molar-refractivity contribution < 1.29 is 24.6 Å². The lowest BCUT2D eigenvalue weighted by Crippen LogP contribution is -2.43. The third-order valence-electron chi connectivity index (χ3n) is 2.87. The number of hydrogen-bond acceptors (Lipinski definition) is 4. The minimum absolute atomic E-state index is 0.198. The summed E-state index contributed by atoms with van der Waals surface area (Å²) in [4.78, 5) is 34.8. The number of amides is 1. The number of nitrogens with one attached hydrogen (secondary N) is 1. The monoisotopic (exact) mass is 258 g/mol. The summed E-state index contributed by atoms with van der Waals surface area (Å²) in [5.74, 6) is -3.00. The van der Waals surface area contributed by atoms with Crippen molar-refractivity contribution in [1.29, 1.82) is 0 Å². The number of carbonyl (C=O) groups excluding carboxylic acids is 1. The number of aliphatic carboxylic acids is 2. The number of carbonyl (C=O) groups is 3. The van der Waals surface area contributed by atoms with Crippen LogP contribution in [-0.2, 0) is 14.4 Å². The Morgan fingerprint density at radius 3 is 2.28 bits per heavy atom. The molecule has 0 aromatic carbocycles. The van der Waals surface area contributed by atoms with Crippen molar-refractivity contribution >= 4 is 17.8 Å². The Kier molecular flexibility index (Phi) is 5.57. The van der Waals surface area contributed by atoms with Gasteiger partial charge in [-0.05, 0) is 25.9 Å². The first kappa shape index (κ1) is 14.4. The number of carboxylic acid groups (broad SMARTS) is 2. The Bertz CT molecular complexity index is 325. The molecule has 7 heteroatoms.